The number of aliphatic hydroxyl groups excluding tert-OH is 1. The lowest BCUT2D eigenvalue weighted by atomic mass is 10.1. The van der Waals surface area contributed by atoms with Crippen molar-refractivity contribution < 1.29 is 19.8 Å². The molecule has 1 fully saturated rings. The zero-order chi connectivity index (χ0) is 15.0. The number of aliphatic carboxylic acids is 1. The van der Waals surface area contributed by atoms with Crippen LogP contribution in [0.1, 0.15) is 32.6 Å². The normalized spacial score (nSPS) is 19.1. The van der Waals surface area contributed by atoms with E-state index in [1.807, 2.05) is 6.92 Å². The van der Waals surface area contributed by atoms with Gasteiger partial charge in [0.2, 0.25) is 0 Å². The van der Waals surface area contributed by atoms with Crippen LogP contribution >= 0.6 is 0 Å². The van der Waals surface area contributed by atoms with Gasteiger partial charge in [-0.15, -0.1) is 0 Å². The van der Waals surface area contributed by atoms with E-state index in [-0.39, 0.29) is 19.1 Å². The van der Waals surface area contributed by atoms with E-state index in [4.69, 9.17) is 10.2 Å². The van der Waals surface area contributed by atoms with Crippen molar-refractivity contribution in [2.75, 3.05) is 26.2 Å². The van der Waals surface area contributed by atoms with E-state index >= 15 is 0 Å². The van der Waals surface area contributed by atoms with Crippen LogP contribution in [-0.2, 0) is 4.79 Å². The molecule has 0 aromatic heterocycles. The Hall–Kier alpha value is -1.34. The maximum absolute atomic E-state index is 11.6. The van der Waals surface area contributed by atoms with Crippen molar-refractivity contribution in [3.63, 3.8) is 0 Å². The molecule has 20 heavy (non-hydrogen) atoms. The predicted molar refractivity (Wildman–Crippen MR) is 74.5 cm³/mol. The Morgan fingerprint density at radius 1 is 1.25 bits per heavy atom. The fraction of sp³-hybridized carbons (Fsp3) is 0.846. The molecule has 0 aromatic rings. The molecule has 0 saturated carbocycles. The Labute approximate surface area is 119 Å². The predicted octanol–water partition coefficient (Wildman–Crippen LogP) is -0.00440. The third kappa shape index (κ3) is 5.75. The number of likely N-dealkylation sites (tertiary alicyclic amines) is 1. The summed E-state index contributed by atoms with van der Waals surface area (Å²) in [5, 5.41) is 22.7. The quantitative estimate of drug-likeness (QED) is 0.528. The van der Waals surface area contributed by atoms with Crippen LogP contribution in [0, 0.1) is 0 Å². The van der Waals surface area contributed by atoms with Gasteiger partial charge in [0.1, 0.15) is 6.04 Å². The summed E-state index contributed by atoms with van der Waals surface area (Å²) in [6, 6.07) is -1.32. The molecule has 0 aliphatic carbocycles. The lowest BCUT2D eigenvalue weighted by Gasteiger charge is -2.32. The van der Waals surface area contributed by atoms with Gasteiger partial charge in [-0.2, -0.15) is 0 Å². The highest BCUT2D eigenvalue weighted by atomic mass is 16.4. The fourth-order valence-corrected chi connectivity index (χ4v) is 2.32. The Morgan fingerprint density at radius 3 is 2.45 bits per heavy atom. The summed E-state index contributed by atoms with van der Waals surface area (Å²) >= 11 is 0. The number of hydrogen-bond donors (Lipinski definition) is 4. The monoisotopic (exact) mass is 287 g/mol. The van der Waals surface area contributed by atoms with Crippen molar-refractivity contribution in [1.29, 1.82) is 0 Å². The van der Waals surface area contributed by atoms with Crippen LogP contribution in [0.2, 0.25) is 0 Å². The average Bonchev–Trinajstić information content (AvgIpc) is 2.45. The van der Waals surface area contributed by atoms with Crippen LogP contribution in [0.15, 0.2) is 0 Å². The van der Waals surface area contributed by atoms with Crippen LogP contribution in [0.25, 0.3) is 0 Å². The Morgan fingerprint density at radius 2 is 1.90 bits per heavy atom. The van der Waals surface area contributed by atoms with Gasteiger partial charge in [0.25, 0.3) is 0 Å². The summed E-state index contributed by atoms with van der Waals surface area (Å²) in [6.07, 6.45) is 3.64. The van der Waals surface area contributed by atoms with Crippen LogP contribution in [0.3, 0.4) is 0 Å². The second-order valence-corrected chi connectivity index (χ2v) is 5.20. The van der Waals surface area contributed by atoms with Crippen LogP contribution in [0.5, 0.6) is 0 Å². The second-order valence-electron chi connectivity index (χ2n) is 5.20. The maximum Gasteiger partial charge on any atom is 0.326 e. The summed E-state index contributed by atoms with van der Waals surface area (Å²) in [5.41, 5.74) is 0. The van der Waals surface area contributed by atoms with Crippen molar-refractivity contribution in [3.05, 3.63) is 0 Å². The highest BCUT2D eigenvalue weighted by Crippen LogP contribution is 2.11. The summed E-state index contributed by atoms with van der Waals surface area (Å²) < 4.78 is 0. The third-order valence-corrected chi connectivity index (χ3v) is 3.59. The molecular weight excluding hydrogens is 262 g/mol. The molecule has 116 valence electrons. The number of rotatable bonds is 7. The molecule has 1 rings (SSSR count). The topological polar surface area (TPSA) is 102 Å². The summed E-state index contributed by atoms with van der Waals surface area (Å²) in [7, 11) is 0. The molecule has 0 spiro atoms. The van der Waals surface area contributed by atoms with Crippen molar-refractivity contribution in [2.24, 2.45) is 0 Å². The minimum Gasteiger partial charge on any atom is -0.480 e. The second kappa shape index (κ2) is 8.76. The molecule has 2 unspecified atom stereocenters. The van der Waals surface area contributed by atoms with E-state index in [9.17, 15) is 9.59 Å². The lowest BCUT2D eigenvalue weighted by Crippen LogP contribution is -2.50. The molecule has 1 saturated heterocycles. The van der Waals surface area contributed by atoms with Gasteiger partial charge in [-0.1, -0.05) is 6.42 Å². The number of aliphatic hydroxyl groups is 1. The van der Waals surface area contributed by atoms with Crippen molar-refractivity contribution in [1.82, 2.24) is 15.5 Å². The molecule has 0 radical (unpaired) electrons. The third-order valence-electron chi connectivity index (χ3n) is 3.59. The highest BCUT2D eigenvalue weighted by Gasteiger charge is 2.20. The number of hydrogen-bond acceptors (Lipinski definition) is 4. The number of urea groups is 1. The number of nitrogens with one attached hydrogen (secondary N) is 2. The molecule has 1 heterocycles. The summed E-state index contributed by atoms with van der Waals surface area (Å²) in [4.78, 5) is 24.8. The minimum absolute atomic E-state index is 0.00440. The summed E-state index contributed by atoms with van der Waals surface area (Å²) in [5.74, 6) is -1.14. The molecule has 2 amide bonds. The number of carbonyl (C=O) groups excluding carboxylic acids is 1. The van der Waals surface area contributed by atoms with Crippen LogP contribution < -0.4 is 10.6 Å². The van der Waals surface area contributed by atoms with E-state index < -0.39 is 18.0 Å². The first-order chi connectivity index (χ1) is 9.54. The van der Waals surface area contributed by atoms with Crippen molar-refractivity contribution >= 4 is 12.0 Å². The van der Waals surface area contributed by atoms with Gasteiger partial charge in [0, 0.05) is 25.6 Å². The maximum atomic E-state index is 11.6. The van der Waals surface area contributed by atoms with Gasteiger partial charge < -0.3 is 20.8 Å². The van der Waals surface area contributed by atoms with Gasteiger partial charge >= 0.3 is 12.0 Å². The van der Waals surface area contributed by atoms with E-state index in [0.717, 1.165) is 13.1 Å². The van der Waals surface area contributed by atoms with Crippen LogP contribution in [-0.4, -0.2) is 65.4 Å². The van der Waals surface area contributed by atoms with Gasteiger partial charge in [-0.05, 0) is 32.9 Å². The van der Waals surface area contributed by atoms with Crippen molar-refractivity contribution in [3.8, 4) is 0 Å². The zero-order valence-electron chi connectivity index (χ0n) is 12.0. The average molecular weight is 287 g/mol. The fourth-order valence-electron chi connectivity index (χ4n) is 2.32. The molecule has 7 heteroatoms. The molecule has 2 atom stereocenters. The Kier molecular flexibility index (Phi) is 7.32. The number of carbonyl (C=O) groups is 2. The minimum atomic E-state index is -1.14. The number of nitrogens with zero attached hydrogens (tertiary/aromatic N) is 1. The first-order valence-corrected chi connectivity index (χ1v) is 7.16. The number of piperidine rings is 1. The number of amides is 2. The first-order valence-electron chi connectivity index (χ1n) is 7.16. The molecular formula is C13H25N3O4. The van der Waals surface area contributed by atoms with E-state index in [1.54, 1.807) is 0 Å². The lowest BCUT2D eigenvalue weighted by molar-refractivity contribution is -0.139. The smallest absolute Gasteiger partial charge is 0.326 e. The number of carboxylic acid groups (broad SMARTS) is 1. The Bertz CT molecular complexity index is 319. The molecule has 0 bridgehead atoms. The SMILES string of the molecule is CC(CNC(=O)NC(CCO)C(=O)O)N1CCCCC1. The number of carboxylic acids is 1. The highest BCUT2D eigenvalue weighted by molar-refractivity contribution is 5.82. The van der Waals surface area contributed by atoms with E-state index in [0.29, 0.717) is 6.54 Å². The molecule has 7 nitrogen and oxygen atoms in total. The van der Waals surface area contributed by atoms with Crippen molar-refractivity contribution in [2.45, 2.75) is 44.7 Å². The first kappa shape index (κ1) is 16.7. The van der Waals surface area contributed by atoms with Crippen LogP contribution in [0.4, 0.5) is 4.79 Å². The zero-order valence-corrected chi connectivity index (χ0v) is 12.0. The largest absolute Gasteiger partial charge is 0.480 e. The molecule has 0 aromatic carbocycles. The van der Waals surface area contributed by atoms with E-state index in [2.05, 4.69) is 15.5 Å². The standard InChI is InChI=1S/C13H25N3O4/c1-10(16-6-3-2-4-7-16)9-14-13(20)15-11(5-8-17)12(18)19/h10-11,17H,2-9H2,1H3,(H,18,19)(H2,14,15,20). The van der Waals surface area contributed by atoms with Gasteiger partial charge in [-0.25, -0.2) is 9.59 Å². The van der Waals surface area contributed by atoms with Gasteiger partial charge in [0.15, 0.2) is 0 Å². The van der Waals surface area contributed by atoms with E-state index in [1.165, 1.54) is 19.3 Å². The Balaban J connectivity index is 2.28. The molecule has 1 aliphatic heterocycles. The van der Waals surface area contributed by atoms with Gasteiger partial charge in [-0.3, -0.25) is 4.90 Å². The van der Waals surface area contributed by atoms with Gasteiger partial charge in [0.05, 0.1) is 0 Å². The molecule has 4 N–H and O–H groups in total. The molecule has 1 aliphatic rings. The summed E-state index contributed by atoms with van der Waals surface area (Å²) in [6.45, 7) is 4.35.